The Morgan fingerprint density at radius 1 is 0.597 bits per heavy atom. The van der Waals surface area contributed by atoms with Crippen LogP contribution in [0.3, 0.4) is 0 Å². The van der Waals surface area contributed by atoms with Crippen molar-refractivity contribution in [3.8, 4) is 0 Å². The maximum Gasteiger partial charge on any atom is 0.243 e. The van der Waals surface area contributed by atoms with Gasteiger partial charge < -0.3 is 36.5 Å². The molecule has 0 unspecified atom stereocenters. The molecule has 0 saturated carbocycles. The molecule has 2 rings (SSSR count). The number of aromatic nitrogens is 2. The minimum absolute atomic E-state index is 0.0381. The fourth-order valence-electron chi connectivity index (χ4n) is 8.49. The number of imidazole rings is 1. The molecule has 1 saturated heterocycles. The first kappa shape index (κ1) is 55.6. The van der Waals surface area contributed by atoms with Crippen molar-refractivity contribution < 1.29 is 14.4 Å². The van der Waals surface area contributed by atoms with Crippen molar-refractivity contribution in [3.63, 3.8) is 0 Å². The van der Waals surface area contributed by atoms with Crippen molar-refractivity contribution in [2.24, 2.45) is 0 Å². The molecule has 0 aromatic carbocycles. The number of carbonyl (C=O) groups is 3. The van der Waals surface area contributed by atoms with E-state index in [0.717, 1.165) is 96.8 Å². The summed E-state index contributed by atoms with van der Waals surface area (Å²) in [5, 5.41) is 16.2. The Morgan fingerprint density at radius 3 is 1.40 bits per heavy atom. The van der Waals surface area contributed by atoms with Crippen LogP contribution in [0.25, 0.3) is 0 Å². The highest BCUT2D eigenvalue weighted by atomic mass is 16.2. The standard InChI is InChI=1S/C50H97N9O3/c1-3-5-7-9-11-13-15-17-19-21-23-25-27-29-37-59(38-30-28-26-24-22-20-18-16-14-12-10-8-6-4-2)49(61)43-55-50(62)47(41-46-42-54-45-56-46)57-48(60)44-58-39-35-52-33-31-51-32-34-53-36-40-58/h42,45,47,51-53H,3-41,43-44H2,1-2H3,(H,54,56)(H,55,62)(H,57,60)/t47-/m0/s1. The molecule has 12 nitrogen and oxygen atoms in total. The Labute approximate surface area is 380 Å². The van der Waals surface area contributed by atoms with Gasteiger partial charge in [-0.05, 0) is 12.8 Å². The lowest BCUT2D eigenvalue weighted by Gasteiger charge is -2.25. The van der Waals surface area contributed by atoms with Gasteiger partial charge in [0.15, 0.2) is 0 Å². The normalized spacial score (nSPS) is 14.8. The fraction of sp³-hybridized carbons (Fsp3) is 0.880. The van der Waals surface area contributed by atoms with Crippen molar-refractivity contribution in [2.75, 3.05) is 78.5 Å². The molecular weight excluding hydrogens is 775 g/mol. The van der Waals surface area contributed by atoms with E-state index < -0.39 is 6.04 Å². The number of carbonyl (C=O) groups excluding carboxylic acids is 3. The van der Waals surface area contributed by atoms with E-state index >= 15 is 0 Å². The first-order valence-corrected chi connectivity index (χ1v) is 26.2. The summed E-state index contributed by atoms with van der Waals surface area (Å²) in [7, 11) is 0. The summed E-state index contributed by atoms with van der Waals surface area (Å²) in [6, 6.07) is -0.824. The van der Waals surface area contributed by atoms with Crippen LogP contribution in [-0.2, 0) is 20.8 Å². The molecule has 1 aromatic heterocycles. The molecule has 360 valence electrons. The second-order valence-electron chi connectivity index (χ2n) is 18.2. The third-order valence-corrected chi connectivity index (χ3v) is 12.5. The van der Waals surface area contributed by atoms with Crippen LogP contribution in [0.15, 0.2) is 12.5 Å². The summed E-state index contributed by atoms with van der Waals surface area (Å²) in [6.07, 6.45) is 40.1. The van der Waals surface area contributed by atoms with E-state index in [9.17, 15) is 14.4 Å². The maximum atomic E-state index is 13.7. The van der Waals surface area contributed by atoms with E-state index in [-0.39, 0.29) is 37.2 Å². The summed E-state index contributed by atoms with van der Waals surface area (Å²) in [6.45, 7) is 12.7. The van der Waals surface area contributed by atoms with E-state index in [0.29, 0.717) is 0 Å². The average Bonchev–Trinajstić information content (AvgIpc) is 3.79. The highest BCUT2D eigenvalue weighted by molar-refractivity contribution is 5.91. The minimum Gasteiger partial charge on any atom is -0.348 e. The number of rotatable bonds is 38. The Morgan fingerprint density at radius 2 is 1.00 bits per heavy atom. The zero-order chi connectivity index (χ0) is 44.4. The summed E-state index contributed by atoms with van der Waals surface area (Å²) in [4.78, 5) is 52.2. The maximum absolute atomic E-state index is 13.7. The first-order chi connectivity index (χ1) is 30.5. The number of aromatic amines is 1. The lowest BCUT2D eigenvalue weighted by Crippen LogP contribution is -2.53. The van der Waals surface area contributed by atoms with Gasteiger partial charge in [-0.2, -0.15) is 0 Å². The van der Waals surface area contributed by atoms with Crippen LogP contribution < -0.4 is 26.6 Å². The summed E-state index contributed by atoms with van der Waals surface area (Å²) >= 11 is 0. The number of unbranched alkanes of at least 4 members (excludes halogenated alkanes) is 26. The third kappa shape index (κ3) is 32.2. The average molecular weight is 872 g/mol. The van der Waals surface area contributed by atoms with Gasteiger partial charge in [0.1, 0.15) is 6.04 Å². The van der Waals surface area contributed by atoms with E-state index in [1.807, 2.05) is 4.90 Å². The van der Waals surface area contributed by atoms with Gasteiger partial charge in [-0.15, -0.1) is 0 Å². The van der Waals surface area contributed by atoms with Gasteiger partial charge in [0.05, 0.1) is 19.4 Å². The zero-order valence-corrected chi connectivity index (χ0v) is 40.3. The summed E-state index contributed by atoms with van der Waals surface area (Å²) in [5.41, 5.74) is 0.752. The molecule has 0 bridgehead atoms. The fourth-order valence-corrected chi connectivity index (χ4v) is 8.49. The van der Waals surface area contributed by atoms with Crippen LogP contribution in [-0.4, -0.2) is 122 Å². The van der Waals surface area contributed by atoms with Gasteiger partial charge in [-0.3, -0.25) is 19.3 Å². The Kier molecular flexibility index (Phi) is 36.9. The van der Waals surface area contributed by atoms with Crippen LogP contribution in [0.4, 0.5) is 0 Å². The van der Waals surface area contributed by atoms with Crippen molar-refractivity contribution >= 4 is 17.7 Å². The largest absolute Gasteiger partial charge is 0.348 e. The topological polar surface area (TPSA) is 147 Å². The Balaban J connectivity index is 1.83. The first-order valence-electron chi connectivity index (χ1n) is 26.2. The predicted molar refractivity (Wildman–Crippen MR) is 259 cm³/mol. The van der Waals surface area contributed by atoms with E-state index in [4.69, 9.17) is 0 Å². The molecule has 0 aliphatic carbocycles. The summed E-state index contributed by atoms with van der Waals surface area (Å²) in [5.74, 6) is -0.593. The molecule has 1 aliphatic rings. The van der Waals surface area contributed by atoms with Gasteiger partial charge in [0, 0.05) is 83.8 Å². The van der Waals surface area contributed by atoms with Gasteiger partial charge in [0.25, 0.3) is 0 Å². The number of nitrogens with zero attached hydrogens (tertiary/aromatic N) is 3. The Hall–Kier alpha value is -2.54. The second-order valence-corrected chi connectivity index (χ2v) is 18.2. The molecule has 3 amide bonds. The molecule has 2 heterocycles. The quantitative estimate of drug-likeness (QED) is 0.0364. The molecule has 0 spiro atoms. The molecule has 6 N–H and O–H groups in total. The van der Waals surface area contributed by atoms with E-state index in [1.54, 1.807) is 12.5 Å². The zero-order valence-electron chi connectivity index (χ0n) is 40.3. The molecular formula is C50H97N9O3. The van der Waals surface area contributed by atoms with Gasteiger partial charge in [0.2, 0.25) is 17.7 Å². The lowest BCUT2D eigenvalue weighted by atomic mass is 10.0. The molecule has 1 aliphatic heterocycles. The number of nitrogens with one attached hydrogen (secondary N) is 6. The molecule has 0 radical (unpaired) electrons. The number of amides is 3. The van der Waals surface area contributed by atoms with Gasteiger partial charge in [-0.1, -0.05) is 181 Å². The van der Waals surface area contributed by atoms with E-state index in [1.165, 1.54) is 154 Å². The van der Waals surface area contributed by atoms with Crippen LogP contribution >= 0.6 is 0 Å². The molecule has 1 atom stereocenters. The number of hydrogen-bond donors (Lipinski definition) is 6. The van der Waals surface area contributed by atoms with Gasteiger partial charge in [-0.25, -0.2) is 4.98 Å². The minimum atomic E-state index is -0.824. The summed E-state index contributed by atoms with van der Waals surface area (Å²) < 4.78 is 0. The van der Waals surface area contributed by atoms with Crippen LogP contribution in [0.2, 0.25) is 0 Å². The third-order valence-electron chi connectivity index (χ3n) is 12.5. The number of H-pyrrole nitrogens is 1. The molecule has 62 heavy (non-hydrogen) atoms. The van der Waals surface area contributed by atoms with Crippen LogP contribution in [0.1, 0.15) is 199 Å². The number of hydrogen-bond acceptors (Lipinski definition) is 8. The highest BCUT2D eigenvalue weighted by Gasteiger charge is 2.24. The lowest BCUT2D eigenvalue weighted by molar-refractivity contribution is -0.134. The van der Waals surface area contributed by atoms with Crippen LogP contribution in [0, 0.1) is 0 Å². The van der Waals surface area contributed by atoms with Crippen molar-refractivity contribution in [2.45, 2.75) is 206 Å². The smallest absolute Gasteiger partial charge is 0.243 e. The SMILES string of the molecule is CCCCCCCCCCCCCCCCN(CCCCCCCCCCCCCCCC)C(=O)CNC(=O)[C@H](Cc1cnc[nH]1)NC(=O)CN1CCNCCNCCNCC1. The van der Waals surface area contributed by atoms with Gasteiger partial charge >= 0.3 is 0 Å². The molecule has 1 fully saturated rings. The van der Waals surface area contributed by atoms with Crippen molar-refractivity contribution in [1.82, 2.24) is 46.4 Å². The van der Waals surface area contributed by atoms with Crippen molar-refractivity contribution in [3.05, 3.63) is 18.2 Å². The molecule has 1 aromatic rings. The highest BCUT2D eigenvalue weighted by Crippen LogP contribution is 2.15. The predicted octanol–water partition coefficient (Wildman–Crippen LogP) is 8.43. The van der Waals surface area contributed by atoms with Crippen molar-refractivity contribution in [1.29, 1.82) is 0 Å². The van der Waals surface area contributed by atoms with E-state index in [2.05, 4.69) is 55.3 Å². The second kappa shape index (κ2) is 41.2. The molecule has 12 heteroatoms. The van der Waals surface area contributed by atoms with Crippen LogP contribution in [0.5, 0.6) is 0 Å². The monoisotopic (exact) mass is 872 g/mol. The Bertz CT molecular complexity index is 1130.